The lowest BCUT2D eigenvalue weighted by Gasteiger charge is -2.14. The molecule has 5 nitrogen and oxygen atoms in total. The molecule has 0 bridgehead atoms. The zero-order valence-electron chi connectivity index (χ0n) is 10.0. The number of aldehydes is 1. The monoisotopic (exact) mass is 251 g/mol. The highest BCUT2D eigenvalue weighted by atomic mass is 16.4. The van der Waals surface area contributed by atoms with Gasteiger partial charge in [-0.25, -0.2) is 0 Å². The Bertz CT molecular complexity index is 388. The number of carbonyl (C=O) groups is 2. The number of hydrogen-bond donors (Lipinski definition) is 3. The molecule has 98 valence electrons. The third-order valence-corrected chi connectivity index (χ3v) is 2.56. The van der Waals surface area contributed by atoms with Crippen LogP contribution in [0.2, 0.25) is 0 Å². The van der Waals surface area contributed by atoms with Crippen molar-refractivity contribution >= 4 is 12.3 Å². The topological polar surface area (TPSA) is 86.6 Å². The number of unbranched alkanes of at least 4 members (excludes halogenated alkanes) is 1. The Morgan fingerprint density at radius 1 is 1.33 bits per heavy atom. The maximum atomic E-state index is 11.1. The number of aliphatic carboxylic acids is 1. The highest BCUT2D eigenvalue weighted by molar-refractivity contribution is 5.73. The normalized spacial score (nSPS) is 12.0. The molecule has 5 heteroatoms. The Morgan fingerprint density at radius 2 is 2.00 bits per heavy atom. The van der Waals surface area contributed by atoms with Gasteiger partial charge in [-0.3, -0.25) is 4.79 Å². The smallest absolute Gasteiger partial charge is 0.321 e. The van der Waals surface area contributed by atoms with Gasteiger partial charge in [-0.15, -0.1) is 0 Å². The first-order chi connectivity index (χ1) is 8.63. The average Bonchev–Trinajstić information content (AvgIpc) is 2.35. The SMILES string of the molecule is O=CCCCN[C@@H](Cc1ccc(O)cc1)C(=O)O. The number of aromatic hydroxyl groups is 1. The number of nitrogens with one attached hydrogen (secondary N) is 1. The molecule has 0 aliphatic carbocycles. The predicted octanol–water partition coefficient (Wildman–Crippen LogP) is 0.957. The molecule has 0 fully saturated rings. The molecule has 0 aliphatic rings. The standard InChI is InChI=1S/C13H17NO4/c15-8-2-1-7-14-12(13(17)18)9-10-3-5-11(16)6-4-10/h3-6,8,12,14,16H,1-2,7,9H2,(H,17,18)/t12-/m0/s1. The van der Waals surface area contributed by atoms with Crippen LogP contribution in [0.5, 0.6) is 5.75 Å². The van der Waals surface area contributed by atoms with Crippen LogP contribution in [0.3, 0.4) is 0 Å². The summed E-state index contributed by atoms with van der Waals surface area (Å²) in [6, 6.07) is 5.76. The van der Waals surface area contributed by atoms with Crippen molar-refractivity contribution in [1.82, 2.24) is 5.32 Å². The number of phenols is 1. The van der Waals surface area contributed by atoms with Gasteiger partial charge in [-0.2, -0.15) is 0 Å². The second-order valence-corrected chi connectivity index (χ2v) is 4.02. The third-order valence-electron chi connectivity index (χ3n) is 2.56. The van der Waals surface area contributed by atoms with Crippen LogP contribution >= 0.6 is 0 Å². The van der Waals surface area contributed by atoms with Gasteiger partial charge in [0.1, 0.15) is 18.1 Å². The number of hydrogen-bond acceptors (Lipinski definition) is 4. The first kappa shape index (κ1) is 14.2. The van der Waals surface area contributed by atoms with Crippen molar-refractivity contribution in [2.45, 2.75) is 25.3 Å². The molecule has 0 saturated carbocycles. The van der Waals surface area contributed by atoms with E-state index in [-0.39, 0.29) is 5.75 Å². The van der Waals surface area contributed by atoms with Crippen molar-refractivity contribution in [3.63, 3.8) is 0 Å². The zero-order chi connectivity index (χ0) is 13.4. The summed E-state index contributed by atoms with van der Waals surface area (Å²) in [7, 11) is 0. The molecule has 0 aliphatic heterocycles. The molecular weight excluding hydrogens is 234 g/mol. The molecule has 0 spiro atoms. The van der Waals surface area contributed by atoms with Crippen LogP contribution in [-0.2, 0) is 16.0 Å². The summed E-state index contributed by atoms with van der Waals surface area (Å²) in [5.41, 5.74) is 0.836. The summed E-state index contributed by atoms with van der Waals surface area (Å²) >= 11 is 0. The van der Waals surface area contributed by atoms with Crippen LogP contribution in [0, 0.1) is 0 Å². The predicted molar refractivity (Wildman–Crippen MR) is 66.5 cm³/mol. The summed E-state index contributed by atoms with van der Waals surface area (Å²) < 4.78 is 0. The number of benzene rings is 1. The fraction of sp³-hybridized carbons (Fsp3) is 0.385. The number of carbonyl (C=O) groups excluding carboxylic acids is 1. The molecule has 0 radical (unpaired) electrons. The minimum Gasteiger partial charge on any atom is -0.508 e. The molecule has 1 aromatic carbocycles. The van der Waals surface area contributed by atoms with E-state index in [9.17, 15) is 9.59 Å². The maximum Gasteiger partial charge on any atom is 0.321 e. The Morgan fingerprint density at radius 3 is 2.56 bits per heavy atom. The molecule has 0 saturated heterocycles. The van der Waals surface area contributed by atoms with Crippen molar-refractivity contribution in [3.05, 3.63) is 29.8 Å². The van der Waals surface area contributed by atoms with Crippen LogP contribution in [0.1, 0.15) is 18.4 Å². The summed E-state index contributed by atoms with van der Waals surface area (Å²) in [5.74, 6) is -0.765. The Hall–Kier alpha value is -1.88. The van der Waals surface area contributed by atoms with E-state index in [0.29, 0.717) is 25.8 Å². The van der Waals surface area contributed by atoms with Crippen LogP contribution in [0.25, 0.3) is 0 Å². The van der Waals surface area contributed by atoms with Crippen LogP contribution in [0.15, 0.2) is 24.3 Å². The van der Waals surface area contributed by atoms with Gasteiger partial charge in [-0.1, -0.05) is 12.1 Å². The van der Waals surface area contributed by atoms with Gasteiger partial charge in [0.05, 0.1) is 0 Å². The molecule has 0 unspecified atom stereocenters. The van der Waals surface area contributed by atoms with Gasteiger partial charge in [-0.05, 0) is 37.1 Å². The van der Waals surface area contributed by atoms with E-state index in [1.54, 1.807) is 12.1 Å². The minimum atomic E-state index is -0.922. The van der Waals surface area contributed by atoms with Gasteiger partial charge >= 0.3 is 5.97 Å². The fourth-order valence-corrected chi connectivity index (χ4v) is 1.58. The molecule has 18 heavy (non-hydrogen) atoms. The Balaban J connectivity index is 2.49. The van der Waals surface area contributed by atoms with Gasteiger partial charge in [0.25, 0.3) is 0 Å². The molecule has 0 heterocycles. The van der Waals surface area contributed by atoms with Crippen molar-refractivity contribution in [2.75, 3.05) is 6.54 Å². The van der Waals surface area contributed by atoms with Crippen molar-refractivity contribution in [3.8, 4) is 5.75 Å². The van der Waals surface area contributed by atoms with E-state index in [2.05, 4.69) is 5.32 Å². The van der Waals surface area contributed by atoms with Gasteiger partial charge in [0.15, 0.2) is 0 Å². The molecule has 0 aromatic heterocycles. The van der Waals surface area contributed by atoms with Gasteiger partial charge < -0.3 is 20.3 Å². The van der Waals surface area contributed by atoms with E-state index in [0.717, 1.165) is 11.8 Å². The van der Waals surface area contributed by atoms with E-state index in [4.69, 9.17) is 10.2 Å². The third kappa shape index (κ3) is 4.97. The Labute approximate surface area is 105 Å². The zero-order valence-corrected chi connectivity index (χ0v) is 10.0. The molecule has 1 atom stereocenters. The molecule has 1 aromatic rings. The second kappa shape index (κ2) is 7.45. The fourth-order valence-electron chi connectivity index (χ4n) is 1.58. The van der Waals surface area contributed by atoms with E-state index in [1.807, 2.05) is 0 Å². The molecule has 0 amide bonds. The van der Waals surface area contributed by atoms with Crippen molar-refractivity contribution in [2.24, 2.45) is 0 Å². The lowest BCUT2D eigenvalue weighted by Crippen LogP contribution is -2.39. The highest BCUT2D eigenvalue weighted by Gasteiger charge is 2.16. The van der Waals surface area contributed by atoms with E-state index in [1.165, 1.54) is 12.1 Å². The van der Waals surface area contributed by atoms with E-state index >= 15 is 0 Å². The molecular formula is C13H17NO4. The number of carboxylic acids is 1. The summed E-state index contributed by atoms with van der Waals surface area (Å²) in [6.07, 6.45) is 2.22. The number of carboxylic acid groups (broad SMARTS) is 1. The van der Waals surface area contributed by atoms with Crippen LogP contribution in [0.4, 0.5) is 0 Å². The Kier molecular flexibility index (Phi) is 5.87. The quantitative estimate of drug-likeness (QED) is 0.473. The highest BCUT2D eigenvalue weighted by Crippen LogP contribution is 2.11. The van der Waals surface area contributed by atoms with Crippen LogP contribution in [-0.4, -0.2) is 35.1 Å². The lowest BCUT2D eigenvalue weighted by atomic mass is 10.1. The van der Waals surface area contributed by atoms with Gasteiger partial charge in [0.2, 0.25) is 0 Å². The number of phenolic OH excluding ortho intramolecular Hbond substituents is 1. The molecule has 1 rings (SSSR count). The summed E-state index contributed by atoms with van der Waals surface area (Å²) in [6.45, 7) is 0.494. The van der Waals surface area contributed by atoms with E-state index < -0.39 is 12.0 Å². The average molecular weight is 251 g/mol. The summed E-state index contributed by atoms with van der Waals surface area (Å²) in [4.78, 5) is 21.2. The molecule has 3 N–H and O–H groups in total. The maximum absolute atomic E-state index is 11.1. The first-order valence-corrected chi connectivity index (χ1v) is 5.81. The van der Waals surface area contributed by atoms with Crippen molar-refractivity contribution < 1.29 is 19.8 Å². The number of rotatable bonds is 8. The van der Waals surface area contributed by atoms with Crippen LogP contribution < -0.4 is 5.32 Å². The minimum absolute atomic E-state index is 0.157. The van der Waals surface area contributed by atoms with Crippen molar-refractivity contribution in [1.29, 1.82) is 0 Å². The summed E-state index contributed by atoms with van der Waals surface area (Å²) in [5, 5.41) is 21.1. The lowest BCUT2D eigenvalue weighted by molar-refractivity contribution is -0.139. The second-order valence-electron chi connectivity index (χ2n) is 4.02. The largest absolute Gasteiger partial charge is 0.508 e. The van der Waals surface area contributed by atoms with Gasteiger partial charge in [0, 0.05) is 6.42 Å². The first-order valence-electron chi connectivity index (χ1n) is 5.81.